The van der Waals surface area contributed by atoms with Crippen LogP contribution in [0.1, 0.15) is 41.6 Å². The molecule has 0 spiro atoms. The highest BCUT2D eigenvalue weighted by atomic mass is 16.3. The summed E-state index contributed by atoms with van der Waals surface area (Å²) in [6.07, 6.45) is 7.78. The molecule has 4 nitrogen and oxygen atoms in total. The molecular formula is C14H20N2O2. The van der Waals surface area contributed by atoms with Crippen LogP contribution < -0.4 is 0 Å². The first-order chi connectivity index (χ1) is 8.72. The third-order valence-electron chi connectivity index (χ3n) is 3.49. The second-order valence-corrected chi connectivity index (χ2v) is 4.91. The minimum absolute atomic E-state index is 0.00727. The Morgan fingerprint density at radius 3 is 2.78 bits per heavy atom. The standard InChI is InChI=1S/C14H20N2O2/c1-11-8-12(10-15-9-11)14(18)16(6-7-17)13-4-2-3-5-13/h8-10,13,17H,2-7H2,1H3. The number of rotatable bonds is 4. The molecule has 1 aliphatic carbocycles. The summed E-state index contributed by atoms with van der Waals surface area (Å²) in [6.45, 7) is 2.36. The number of hydrogen-bond donors (Lipinski definition) is 1. The molecule has 1 heterocycles. The molecule has 18 heavy (non-hydrogen) atoms. The lowest BCUT2D eigenvalue weighted by Crippen LogP contribution is -2.40. The molecule has 4 heteroatoms. The van der Waals surface area contributed by atoms with Gasteiger partial charge in [-0.2, -0.15) is 0 Å². The molecule has 0 radical (unpaired) electrons. The molecule has 1 aromatic heterocycles. The van der Waals surface area contributed by atoms with Gasteiger partial charge in [-0.15, -0.1) is 0 Å². The quantitative estimate of drug-likeness (QED) is 0.883. The molecule has 1 fully saturated rings. The Morgan fingerprint density at radius 2 is 2.17 bits per heavy atom. The van der Waals surface area contributed by atoms with Crippen molar-refractivity contribution in [2.45, 2.75) is 38.6 Å². The van der Waals surface area contributed by atoms with Gasteiger partial charge in [-0.1, -0.05) is 12.8 Å². The Morgan fingerprint density at radius 1 is 1.44 bits per heavy atom. The molecule has 2 rings (SSSR count). The molecule has 98 valence electrons. The molecule has 1 saturated carbocycles. The first kappa shape index (κ1) is 13.0. The topological polar surface area (TPSA) is 53.4 Å². The molecule has 0 atom stereocenters. The predicted molar refractivity (Wildman–Crippen MR) is 69.4 cm³/mol. The predicted octanol–water partition coefficient (Wildman–Crippen LogP) is 1.77. The van der Waals surface area contributed by atoms with Crippen LogP contribution in [0.2, 0.25) is 0 Å². The van der Waals surface area contributed by atoms with Gasteiger partial charge >= 0.3 is 0 Å². The van der Waals surface area contributed by atoms with Crippen LogP contribution >= 0.6 is 0 Å². The zero-order chi connectivity index (χ0) is 13.0. The maximum Gasteiger partial charge on any atom is 0.255 e. The minimum atomic E-state index is -0.00727. The fourth-order valence-corrected chi connectivity index (χ4v) is 2.61. The zero-order valence-electron chi connectivity index (χ0n) is 10.8. The summed E-state index contributed by atoms with van der Waals surface area (Å²) in [5.74, 6) is -0.00727. The lowest BCUT2D eigenvalue weighted by molar-refractivity contribution is 0.0637. The molecule has 1 aliphatic rings. The fourth-order valence-electron chi connectivity index (χ4n) is 2.61. The molecule has 0 bridgehead atoms. The molecule has 1 aromatic rings. The summed E-state index contributed by atoms with van der Waals surface area (Å²) >= 11 is 0. The van der Waals surface area contributed by atoms with Crippen LogP contribution in [0.25, 0.3) is 0 Å². The summed E-state index contributed by atoms with van der Waals surface area (Å²) in [5, 5.41) is 9.14. The molecule has 0 aliphatic heterocycles. The van der Waals surface area contributed by atoms with Gasteiger partial charge in [-0.3, -0.25) is 9.78 Å². The Labute approximate surface area is 108 Å². The van der Waals surface area contributed by atoms with Crippen LogP contribution in [-0.2, 0) is 0 Å². The molecule has 0 aromatic carbocycles. The van der Waals surface area contributed by atoms with Gasteiger partial charge in [0.25, 0.3) is 5.91 Å². The summed E-state index contributed by atoms with van der Waals surface area (Å²) in [4.78, 5) is 18.3. The second kappa shape index (κ2) is 5.96. The van der Waals surface area contributed by atoms with Crippen LogP contribution in [0, 0.1) is 6.92 Å². The van der Waals surface area contributed by atoms with E-state index in [2.05, 4.69) is 4.98 Å². The van der Waals surface area contributed by atoms with Crippen molar-refractivity contribution in [3.63, 3.8) is 0 Å². The number of pyridine rings is 1. The smallest absolute Gasteiger partial charge is 0.255 e. The molecular weight excluding hydrogens is 228 g/mol. The van der Waals surface area contributed by atoms with Gasteiger partial charge in [0.15, 0.2) is 0 Å². The minimum Gasteiger partial charge on any atom is -0.395 e. The highest BCUT2D eigenvalue weighted by Gasteiger charge is 2.27. The van der Waals surface area contributed by atoms with Crippen LogP contribution in [0.5, 0.6) is 0 Å². The Kier molecular flexibility index (Phi) is 4.31. The second-order valence-electron chi connectivity index (χ2n) is 4.91. The number of carbonyl (C=O) groups excluding carboxylic acids is 1. The first-order valence-electron chi connectivity index (χ1n) is 6.56. The van der Waals surface area contributed by atoms with Gasteiger partial charge in [0.1, 0.15) is 0 Å². The van der Waals surface area contributed by atoms with E-state index < -0.39 is 0 Å². The van der Waals surface area contributed by atoms with Crippen molar-refractivity contribution >= 4 is 5.91 Å². The van der Waals surface area contributed by atoms with Crippen molar-refractivity contribution in [1.29, 1.82) is 0 Å². The van der Waals surface area contributed by atoms with E-state index in [1.165, 1.54) is 12.8 Å². The van der Waals surface area contributed by atoms with Gasteiger partial charge < -0.3 is 10.0 Å². The fraction of sp³-hybridized carbons (Fsp3) is 0.571. The van der Waals surface area contributed by atoms with Crippen molar-refractivity contribution in [3.05, 3.63) is 29.6 Å². The summed E-state index contributed by atoms with van der Waals surface area (Å²) in [6, 6.07) is 2.14. The third-order valence-corrected chi connectivity index (χ3v) is 3.49. The van der Waals surface area contributed by atoms with Crippen molar-refractivity contribution in [2.24, 2.45) is 0 Å². The van der Waals surface area contributed by atoms with Gasteiger partial charge in [0.05, 0.1) is 12.2 Å². The van der Waals surface area contributed by atoms with Crippen molar-refractivity contribution in [3.8, 4) is 0 Å². The van der Waals surface area contributed by atoms with Crippen molar-refractivity contribution in [2.75, 3.05) is 13.2 Å². The van der Waals surface area contributed by atoms with E-state index in [1.807, 2.05) is 17.9 Å². The van der Waals surface area contributed by atoms with Gasteiger partial charge in [-0.05, 0) is 31.4 Å². The number of aryl methyl sites for hydroxylation is 1. The number of nitrogens with zero attached hydrogens (tertiary/aromatic N) is 2. The van der Waals surface area contributed by atoms with E-state index in [1.54, 1.807) is 12.4 Å². The normalized spacial score (nSPS) is 15.9. The van der Waals surface area contributed by atoms with Crippen LogP contribution in [0.3, 0.4) is 0 Å². The molecule has 0 unspecified atom stereocenters. The maximum absolute atomic E-state index is 12.4. The Balaban J connectivity index is 2.17. The monoisotopic (exact) mass is 248 g/mol. The zero-order valence-corrected chi connectivity index (χ0v) is 10.8. The Bertz CT molecular complexity index is 414. The number of aliphatic hydroxyl groups excluding tert-OH is 1. The van der Waals surface area contributed by atoms with E-state index >= 15 is 0 Å². The van der Waals surface area contributed by atoms with Gasteiger partial charge in [0.2, 0.25) is 0 Å². The number of hydrogen-bond acceptors (Lipinski definition) is 3. The van der Waals surface area contributed by atoms with Crippen LogP contribution in [0.4, 0.5) is 0 Å². The van der Waals surface area contributed by atoms with E-state index in [-0.39, 0.29) is 18.6 Å². The van der Waals surface area contributed by atoms with E-state index in [0.29, 0.717) is 12.1 Å². The van der Waals surface area contributed by atoms with Gasteiger partial charge in [0, 0.05) is 25.0 Å². The van der Waals surface area contributed by atoms with Gasteiger partial charge in [-0.25, -0.2) is 0 Å². The SMILES string of the molecule is Cc1cncc(C(=O)N(CCO)C2CCCC2)c1. The number of aromatic nitrogens is 1. The molecule has 1 N–H and O–H groups in total. The van der Waals surface area contributed by atoms with Crippen LogP contribution in [0.15, 0.2) is 18.5 Å². The average molecular weight is 248 g/mol. The van der Waals surface area contributed by atoms with Crippen LogP contribution in [-0.4, -0.2) is 40.1 Å². The maximum atomic E-state index is 12.4. The van der Waals surface area contributed by atoms with Crippen molar-refractivity contribution in [1.82, 2.24) is 9.88 Å². The number of amides is 1. The highest BCUT2D eigenvalue weighted by molar-refractivity contribution is 5.94. The highest BCUT2D eigenvalue weighted by Crippen LogP contribution is 2.24. The summed E-state index contributed by atoms with van der Waals surface area (Å²) in [5.41, 5.74) is 1.60. The number of carbonyl (C=O) groups is 1. The Hall–Kier alpha value is -1.42. The third kappa shape index (κ3) is 2.88. The van der Waals surface area contributed by atoms with E-state index in [4.69, 9.17) is 5.11 Å². The average Bonchev–Trinajstić information content (AvgIpc) is 2.89. The van der Waals surface area contributed by atoms with Crippen molar-refractivity contribution < 1.29 is 9.90 Å². The molecule has 0 saturated heterocycles. The number of aliphatic hydroxyl groups is 1. The first-order valence-corrected chi connectivity index (χ1v) is 6.56. The lowest BCUT2D eigenvalue weighted by atomic mass is 10.1. The summed E-state index contributed by atoms with van der Waals surface area (Å²) in [7, 11) is 0. The molecule has 1 amide bonds. The lowest BCUT2D eigenvalue weighted by Gasteiger charge is -2.28. The van der Waals surface area contributed by atoms with E-state index in [9.17, 15) is 4.79 Å². The summed E-state index contributed by atoms with van der Waals surface area (Å²) < 4.78 is 0. The largest absolute Gasteiger partial charge is 0.395 e. The van der Waals surface area contributed by atoms with E-state index in [0.717, 1.165) is 18.4 Å².